The lowest BCUT2D eigenvalue weighted by molar-refractivity contribution is 0.770. The van der Waals surface area contributed by atoms with E-state index in [1.807, 2.05) is 10.6 Å². The van der Waals surface area contributed by atoms with Crippen molar-refractivity contribution in [3.05, 3.63) is 18.7 Å². The first kappa shape index (κ1) is 9.53. The maximum Gasteiger partial charge on any atom is 0.203 e. The maximum atomic E-state index is 5.64. The summed E-state index contributed by atoms with van der Waals surface area (Å²) < 4.78 is 1.88. The van der Waals surface area contributed by atoms with E-state index in [0.717, 1.165) is 18.0 Å². The zero-order valence-electron chi connectivity index (χ0n) is 8.95. The van der Waals surface area contributed by atoms with Crippen LogP contribution in [0.1, 0.15) is 12.8 Å². The number of anilines is 1. The standard InChI is InChI=1S/C10H14N6/c11-3-5-16(8-1-2-8)9-10-14-13-7-15(10)6-4-12-9/h4,6-8H,1-3,5,11H2. The fourth-order valence-electron chi connectivity index (χ4n) is 1.93. The van der Waals surface area contributed by atoms with Crippen molar-refractivity contribution in [1.82, 2.24) is 19.6 Å². The Hall–Kier alpha value is -1.69. The lowest BCUT2D eigenvalue weighted by Crippen LogP contribution is -2.32. The summed E-state index contributed by atoms with van der Waals surface area (Å²) in [5.41, 5.74) is 6.45. The van der Waals surface area contributed by atoms with Crippen LogP contribution in [-0.4, -0.2) is 38.7 Å². The normalized spacial score (nSPS) is 15.6. The second kappa shape index (κ2) is 3.71. The highest BCUT2D eigenvalue weighted by molar-refractivity contribution is 5.64. The molecule has 0 unspecified atom stereocenters. The van der Waals surface area contributed by atoms with Gasteiger partial charge in [-0.25, -0.2) is 4.98 Å². The lowest BCUT2D eigenvalue weighted by atomic mass is 10.4. The third kappa shape index (κ3) is 1.51. The van der Waals surface area contributed by atoms with Crippen molar-refractivity contribution in [3.63, 3.8) is 0 Å². The topological polar surface area (TPSA) is 72.3 Å². The summed E-state index contributed by atoms with van der Waals surface area (Å²) in [4.78, 5) is 6.65. The molecule has 1 aliphatic rings. The number of fused-ring (bicyclic) bond motifs is 1. The molecular formula is C10H14N6. The number of rotatable bonds is 4. The number of nitrogens with zero attached hydrogens (tertiary/aromatic N) is 5. The largest absolute Gasteiger partial charge is 0.349 e. The molecular weight excluding hydrogens is 204 g/mol. The molecule has 1 saturated carbocycles. The maximum absolute atomic E-state index is 5.64. The summed E-state index contributed by atoms with van der Waals surface area (Å²) >= 11 is 0. The minimum Gasteiger partial charge on any atom is -0.349 e. The summed E-state index contributed by atoms with van der Waals surface area (Å²) in [5, 5.41) is 8.00. The second-order valence-electron chi connectivity index (χ2n) is 4.03. The molecule has 16 heavy (non-hydrogen) atoms. The van der Waals surface area contributed by atoms with Gasteiger partial charge in [-0.2, -0.15) is 0 Å². The van der Waals surface area contributed by atoms with Crippen LogP contribution in [0.5, 0.6) is 0 Å². The van der Waals surface area contributed by atoms with Gasteiger partial charge in [-0.15, -0.1) is 10.2 Å². The second-order valence-corrected chi connectivity index (χ2v) is 4.03. The third-order valence-electron chi connectivity index (χ3n) is 2.83. The Labute approximate surface area is 93.1 Å². The van der Waals surface area contributed by atoms with Crippen molar-refractivity contribution in [3.8, 4) is 0 Å². The molecule has 6 heteroatoms. The average molecular weight is 218 g/mol. The Morgan fingerprint density at radius 2 is 2.38 bits per heavy atom. The van der Waals surface area contributed by atoms with E-state index in [4.69, 9.17) is 5.73 Å². The number of hydrogen-bond acceptors (Lipinski definition) is 5. The van der Waals surface area contributed by atoms with Crippen LogP contribution in [0.4, 0.5) is 5.82 Å². The van der Waals surface area contributed by atoms with Crippen LogP contribution in [0.15, 0.2) is 18.7 Å². The van der Waals surface area contributed by atoms with Gasteiger partial charge < -0.3 is 10.6 Å². The van der Waals surface area contributed by atoms with Crippen molar-refractivity contribution < 1.29 is 0 Å². The Morgan fingerprint density at radius 3 is 3.12 bits per heavy atom. The van der Waals surface area contributed by atoms with Crippen LogP contribution < -0.4 is 10.6 Å². The monoisotopic (exact) mass is 218 g/mol. The van der Waals surface area contributed by atoms with Gasteiger partial charge in [-0.1, -0.05) is 0 Å². The van der Waals surface area contributed by atoms with Gasteiger partial charge in [0.1, 0.15) is 6.33 Å². The van der Waals surface area contributed by atoms with Gasteiger partial charge in [-0.3, -0.25) is 4.40 Å². The molecule has 0 saturated heterocycles. The molecule has 2 aromatic rings. The lowest BCUT2D eigenvalue weighted by Gasteiger charge is -2.22. The van der Waals surface area contributed by atoms with Gasteiger partial charge in [0.25, 0.3) is 0 Å². The number of nitrogens with two attached hydrogens (primary N) is 1. The summed E-state index contributed by atoms with van der Waals surface area (Å²) in [7, 11) is 0. The third-order valence-corrected chi connectivity index (χ3v) is 2.83. The van der Waals surface area contributed by atoms with Gasteiger partial charge >= 0.3 is 0 Å². The number of aromatic nitrogens is 4. The molecule has 0 aromatic carbocycles. The van der Waals surface area contributed by atoms with Gasteiger partial charge in [0.2, 0.25) is 5.65 Å². The van der Waals surface area contributed by atoms with Crippen molar-refractivity contribution in [2.75, 3.05) is 18.0 Å². The van der Waals surface area contributed by atoms with E-state index in [0.29, 0.717) is 12.6 Å². The van der Waals surface area contributed by atoms with E-state index >= 15 is 0 Å². The molecule has 2 aromatic heterocycles. The van der Waals surface area contributed by atoms with Crippen molar-refractivity contribution in [2.24, 2.45) is 5.73 Å². The highest BCUT2D eigenvalue weighted by Gasteiger charge is 2.30. The minimum absolute atomic E-state index is 0.582. The van der Waals surface area contributed by atoms with Crippen molar-refractivity contribution >= 4 is 11.5 Å². The van der Waals surface area contributed by atoms with Crippen LogP contribution in [0, 0.1) is 0 Å². The zero-order chi connectivity index (χ0) is 11.0. The Bertz CT molecular complexity index is 489. The number of hydrogen-bond donors (Lipinski definition) is 1. The first-order valence-corrected chi connectivity index (χ1v) is 5.51. The molecule has 0 bridgehead atoms. The van der Waals surface area contributed by atoms with E-state index in [9.17, 15) is 0 Å². The van der Waals surface area contributed by atoms with Gasteiger partial charge in [0, 0.05) is 31.5 Å². The Kier molecular flexibility index (Phi) is 2.21. The molecule has 0 atom stereocenters. The first-order chi connectivity index (χ1) is 7.90. The Morgan fingerprint density at radius 1 is 1.50 bits per heavy atom. The fraction of sp³-hybridized carbons (Fsp3) is 0.500. The molecule has 6 nitrogen and oxygen atoms in total. The molecule has 0 spiro atoms. The van der Waals surface area contributed by atoms with E-state index in [1.54, 1.807) is 12.5 Å². The summed E-state index contributed by atoms with van der Waals surface area (Å²) in [6, 6.07) is 0.582. The fourth-order valence-corrected chi connectivity index (χ4v) is 1.93. The minimum atomic E-state index is 0.582. The summed E-state index contributed by atoms with van der Waals surface area (Å²) in [6.07, 6.45) is 7.76. The molecule has 0 radical (unpaired) electrons. The smallest absolute Gasteiger partial charge is 0.203 e. The quantitative estimate of drug-likeness (QED) is 0.785. The predicted octanol–water partition coefficient (Wildman–Crippen LogP) is 0.0518. The van der Waals surface area contributed by atoms with E-state index in [1.165, 1.54) is 12.8 Å². The molecule has 1 fully saturated rings. The van der Waals surface area contributed by atoms with Crippen molar-refractivity contribution in [1.29, 1.82) is 0 Å². The van der Waals surface area contributed by atoms with Gasteiger partial charge in [-0.05, 0) is 12.8 Å². The highest BCUT2D eigenvalue weighted by atomic mass is 15.3. The Balaban J connectivity index is 2.04. The average Bonchev–Trinajstić information content (AvgIpc) is 3.02. The molecule has 0 aliphatic heterocycles. The van der Waals surface area contributed by atoms with E-state index in [-0.39, 0.29) is 0 Å². The highest BCUT2D eigenvalue weighted by Crippen LogP contribution is 2.31. The van der Waals surface area contributed by atoms with Crippen LogP contribution in [-0.2, 0) is 0 Å². The van der Waals surface area contributed by atoms with E-state index in [2.05, 4.69) is 20.1 Å². The molecule has 84 valence electrons. The summed E-state index contributed by atoms with van der Waals surface area (Å²) in [6.45, 7) is 1.46. The SMILES string of the molecule is NCCN(c1nccn2cnnc12)C1CC1. The zero-order valence-corrected chi connectivity index (χ0v) is 8.95. The molecule has 3 rings (SSSR count). The molecule has 0 amide bonds. The van der Waals surface area contributed by atoms with Crippen LogP contribution in [0.3, 0.4) is 0 Å². The van der Waals surface area contributed by atoms with Crippen LogP contribution >= 0.6 is 0 Å². The molecule has 2 N–H and O–H groups in total. The van der Waals surface area contributed by atoms with Crippen LogP contribution in [0.25, 0.3) is 5.65 Å². The van der Waals surface area contributed by atoms with E-state index < -0.39 is 0 Å². The first-order valence-electron chi connectivity index (χ1n) is 5.51. The molecule has 2 heterocycles. The molecule has 1 aliphatic carbocycles. The predicted molar refractivity (Wildman–Crippen MR) is 60.2 cm³/mol. The van der Waals surface area contributed by atoms with Gasteiger partial charge in [0.05, 0.1) is 0 Å². The van der Waals surface area contributed by atoms with Crippen molar-refractivity contribution in [2.45, 2.75) is 18.9 Å². The van der Waals surface area contributed by atoms with Crippen LogP contribution in [0.2, 0.25) is 0 Å². The summed E-state index contributed by atoms with van der Waals surface area (Å²) in [5.74, 6) is 0.896. The van der Waals surface area contributed by atoms with Gasteiger partial charge in [0.15, 0.2) is 5.82 Å².